The zero-order valence-electron chi connectivity index (χ0n) is 13.8. The zero-order valence-corrected chi connectivity index (χ0v) is 16.9. The molecule has 0 aliphatic rings. The highest BCUT2D eigenvalue weighted by molar-refractivity contribution is 7.92. The molecule has 140 valence electrons. The average molecular weight is 438 g/mol. The third kappa shape index (κ3) is 5.17. The summed E-state index contributed by atoms with van der Waals surface area (Å²) in [5.74, 6) is -0.352. The second-order valence-corrected chi connectivity index (χ2v) is 8.45. The normalized spacial score (nSPS) is 11.1. The smallest absolute Gasteiger partial charge is 0.245 e. The van der Waals surface area contributed by atoms with E-state index in [1.807, 2.05) is 0 Å². The molecule has 0 saturated heterocycles. The van der Waals surface area contributed by atoms with Gasteiger partial charge in [0.1, 0.15) is 12.3 Å². The lowest BCUT2D eigenvalue weighted by Gasteiger charge is -2.24. The first-order valence-corrected chi connectivity index (χ1v) is 10.2. The van der Waals surface area contributed by atoms with Crippen molar-refractivity contribution in [2.45, 2.75) is 0 Å². The van der Waals surface area contributed by atoms with E-state index in [1.54, 1.807) is 12.1 Å². The minimum atomic E-state index is -3.80. The van der Waals surface area contributed by atoms with Crippen LogP contribution in [-0.4, -0.2) is 34.2 Å². The molecule has 0 radical (unpaired) electrons. The number of ether oxygens (including phenoxy) is 1. The lowest BCUT2D eigenvalue weighted by Crippen LogP contribution is -2.37. The molecule has 10 heteroatoms. The number of rotatable bonds is 6. The van der Waals surface area contributed by atoms with Gasteiger partial charge in [0.2, 0.25) is 15.9 Å². The zero-order chi connectivity index (χ0) is 19.5. The van der Waals surface area contributed by atoms with E-state index in [2.05, 4.69) is 5.32 Å². The van der Waals surface area contributed by atoms with Gasteiger partial charge in [0, 0.05) is 10.0 Å². The Labute approximate surface area is 166 Å². The van der Waals surface area contributed by atoms with Gasteiger partial charge in [0.15, 0.2) is 0 Å². The lowest BCUT2D eigenvalue weighted by molar-refractivity contribution is -0.114. The number of hydrogen-bond acceptors (Lipinski definition) is 4. The topological polar surface area (TPSA) is 75.7 Å². The van der Waals surface area contributed by atoms with Crippen LogP contribution in [0.4, 0.5) is 11.4 Å². The van der Waals surface area contributed by atoms with Crippen LogP contribution < -0.4 is 14.4 Å². The number of sulfonamides is 1. The molecule has 0 unspecified atom stereocenters. The standard InChI is InChI=1S/C16H15Cl3N2O4S/c1-25-15-6-4-11(18)8-14(15)21(26(2,23)24)9-16(22)20-13-7-10(17)3-5-12(13)19/h3-8H,9H2,1-2H3,(H,20,22). The monoisotopic (exact) mass is 436 g/mol. The van der Waals surface area contributed by atoms with E-state index in [0.717, 1.165) is 10.6 Å². The van der Waals surface area contributed by atoms with Crippen LogP contribution in [-0.2, 0) is 14.8 Å². The van der Waals surface area contributed by atoms with E-state index in [0.29, 0.717) is 10.0 Å². The highest BCUT2D eigenvalue weighted by Crippen LogP contribution is 2.33. The summed E-state index contributed by atoms with van der Waals surface area (Å²) in [5.41, 5.74) is 0.422. The van der Waals surface area contributed by atoms with Crippen molar-refractivity contribution in [1.29, 1.82) is 0 Å². The van der Waals surface area contributed by atoms with Crippen LogP contribution in [0, 0.1) is 0 Å². The van der Waals surface area contributed by atoms with Gasteiger partial charge in [0.05, 0.1) is 29.8 Å². The molecule has 1 amide bonds. The fourth-order valence-corrected chi connectivity index (χ4v) is 3.51. The van der Waals surface area contributed by atoms with Crippen molar-refractivity contribution in [3.63, 3.8) is 0 Å². The van der Waals surface area contributed by atoms with Gasteiger partial charge in [-0.05, 0) is 36.4 Å². The van der Waals surface area contributed by atoms with E-state index in [4.69, 9.17) is 39.5 Å². The van der Waals surface area contributed by atoms with Gasteiger partial charge >= 0.3 is 0 Å². The predicted molar refractivity (Wildman–Crippen MR) is 105 cm³/mol. The molecule has 0 atom stereocenters. The Morgan fingerprint density at radius 3 is 2.35 bits per heavy atom. The van der Waals surface area contributed by atoms with Crippen molar-refractivity contribution < 1.29 is 17.9 Å². The minimum Gasteiger partial charge on any atom is -0.495 e. The number of anilines is 2. The maximum Gasteiger partial charge on any atom is 0.245 e. The van der Waals surface area contributed by atoms with Gasteiger partial charge in [-0.25, -0.2) is 8.42 Å². The van der Waals surface area contributed by atoms with Crippen LogP contribution in [0.1, 0.15) is 0 Å². The predicted octanol–water partition coefficient (Wildman–Crippen LogP) is 4.06. The first kappa shape index (κ1) is 20.6. The molecule has 0 saturated carbocycles. The van der Waals surface area contributed by atoms with Gasteiger partial charge in [-0.3, -0.25) is 9.10 Å². The van der Waals surface area contributed by atoms with Crippen molar-refractivity contribution >= 4 is 62.1 Å². The van der Waals surface area contributed by atoms with E-state index in [1.165, 1.54) is 31.4 Å². The van der Waals surface area contributed by atoms with Gasteiger partial charge in [-0.15, -0.1) is 0 Å². The summed E-state index contributed by atoms with van der Waals surface area (Å²) in [7, 11) is -2.41. The quantitative estimate of drug-likeness (QED) is 0.739. The Kier molecular flexibility index (Phi) is 6.63. The molecule has 2 aromatic carbocycles. The molecule has 6 nitrogen and oxygen atoms in total. The van der Waals surface area contributed by atoms with Crippen LogP contribution in [0.2, 0.25) is 15.1 Å². The number of methoxy groups -OCH3 is 1. The summed E-state index contributed by atoms with van der Waals surface area (Å²) < 4.78 is 30.5. The van der Waals surface area contributed by atoms with Crippen molar-refractivity contribution in [3.8, 4) is 5.75 Å². The number of nitrogens with one attached hydrogen (secondary N) is 1. The van der Waals surface area contributed by atoms with Crippen molar-refractivity contribution in [1.82, 2.24) is 0 Å². The number of hydrogen-bond donors (Lipinski definition) is 1. The Morgan fingerprint density at radius 1 is 1.12 bits per heavy atom. The molecule has 0 spiro atoms. The molecule has 26 heavy (non-hydrogen) atoms. The maximum atomic E-state index is 12.4. The first-order valence-electron chi connectivity index (χ1n) is 7.18. The van der Waals surface area contributed by atoms with E-state index >= 15 is 0 Å². The van der Waals surface area contributed by atoms with Crippen LogP contribution >= 0.6 is 34.8 Å². The molecule has 2 rings (SSSR count). The number of carbonyl (C=O) groups is 1. The Hall–Kier alpha value is -1.67. The summed E-state index contributed by atoms with van der Waals surface area (Å²) in [5, 5.41) is 3.49. The van der Waals surface area contributed by atoms with Gasteiger partial charge in [-0.2, -0.15) is 0 Å². The van der Waals surface area contributed by atoms with E-state index in [9.17, 15) is 13.2 Å². The number of carbonyl (C=O) groups excluding carboxylic acids is 1. The second kappa shape index (κ2) is 8.35. The summed E-state index contributed by atoms with van der Waals surface area (Å²) in [6.45, 7) is -0.502. The molecule has 2 aromatic rings. The molecule has 1 N–H and O–H groups in total. The van der Waals surface area contributed by atoms with Crippen LogP contribution in [0.3, 0.4) is 0 Å². The minimum absolute atomic E-state index is 0.148. The Bertz CT molecular complexity index is 935. The van der Waals surface area contributed by atoms with Crippen molar-refractivity contribution in [3.05, 3.63) is 51.5 Å². The second-order valence-electron chi connectivity index (χ2n) is 5.26. The summed E-state index contributed by atoms with van der Waals surface area (Å²) in [6, 6.07) is 9.03. The molecular weight excluding hydrogens is 423 g/mol. The van der Waals surface area contributed by atoms with E-state index in [-0.39, 0.29) is 22.1 Å². The van der Waals surface area contributed by atoms with Crippen LogP contribution in [0.25, 0.3) is 0 Å². The SMILES string of the molecule is COc1ccc(Cl)cc1N(CC(=O)Nc1cc(Cl)ccc1Cl)S(C)(=O)=O. The van der Waals surface area contributed by atoms with Crippen molar-refractivity contribution in [2.24, 2.45) is 0 Å². The molecule has 0 bridgehead atoms. The maximum absolute atomic E-state index is 12.4. The molecular formula is C16H15Cl3N2O4S. The summed E-state index contributed by atoms with van der Waals surface area (Å²) in [6.07, 6.45) is 0.979. The average Bonchev–Trinajstić information content (AvgIpc) is 2.55. The highest BCUT2D eigenvalue weighted by atomic mass is 35.5. The Balaban J connectivity index is 2.34. The van der Waals surface area contributed by atoms with E-state index < -0.39 is 22.5 Å². The largest absolute Gasteiger partial charge is 0.495 e. The molecule has 0 aliphatic carbocycles. The Morgan fingerprint density at radius 2 is 1.73 bits per heavy atom. The summed E-state index contributed by atoms with van der Waals surface area (Å²) in [4.78, 5) is 12.4. The molecule has 0 aromatic heterocycles. The lowest BCUT2D eigenvalue weighted by atomic mass is 10.3. The molecule has 0 aliphatic heterocycles. The van der Waals surface area contributed by atoms with Crippen LogP contribution in [0.5, 0.6) is 5.75 Å². The number of benzene rings is 2. The fraction of sp³-hybridized carbons (Fsp3) is 0.188. The number of halogens is 3. The van der Waals surface area contributed by atoms with Gasteiger partial charge in [-0.1, -0.05) is 34.8 Å². The fourth-order valence-electron chi connectivity index (χ4n) is 2.15. The van der Waals surface area contributed by atoms with Crippen LogP contribution in [0.15, 0.2) is 36.4 Å². The third-order valence-electron chi connectivity index (χ3n) is 3.30. The number of amides is 1. The summed E-state index contributed by atoms with van der Waals surface area (Å²) >= 11 is 17.9. The van der Waals surface area contributed by atoms with Gasteiger partial charge in [0.25, 0.3) is 0 Å². The molecule has 0 fully saturated rings. The molecule has 0 heterocycles. The third-order valence-corrected chi connectivity index (χ3v) is 5.23. The highest BCUT2D eigenvalue weighted by Gasteiger charge is 2.24. The van der Waals surface area contributed by atoms with Gasteiger partial charge < -0.3 is 10.1 Å². The van der Waals surface area contributed by atoms with Crippen molar-refractivity contribution in [2.75, 3.05) is 29.5 Å². The first-order chi connectivity index (χ1) is 12.1. The number of nitrogens with zero attached hydrogens (tertiary/aromatic N) is 1.